The molecule has 0 radical (unpaired) electrons. The molecule has 0 aliphatic heterocycles. The zero-order valence-corrected chi connectivity index (χ0v) is 12.0. The minimum atomic E-state index is -0.876. The molecule has 0 spiro atoms. The first-order valence-corrected chi connectivity index (χ1v) is 6.49. The Morgan fingerprint density at radius 2 is 2.00 bits per heavy atom. The third kappa shape index (κ3) is 2.33. The van der Waals surface area contributed by atoms with E-state index in [0.29, 0.717) is 17.6 Å². The zero-order chi connectivity index (χ0) is 14.9. The molecular formula is C14H15ClO5. The number of carboxylic acid groups (broad SMARTS) is 1. The van der Waals surface area contributed by atoms with E-state index >= 15 is 0 Å². The molecule has 1 aromatic rings. The van der Waals surface area contributed by atoms with Crippen LogP contribution in [0.25, 0.3) is 0 Å². The molecule has 0 unspecified atom stereocenters. The maximum atomic E-state index is 11.1. The number of hydrogen-bond donors (Lipinski definition) is 1. The number of aldehydes is 1. The van der Waals surface area contributed by atoms with Crippen LogP contribution in [0.15, 0.2) is 6.07 Å². The summed E-state index contributed by atoms with van der Waals surface area (Å²) < 4.78 is 10.6. The van der Waals surface area contributed by atoms with Gasteiger partial charge >= 0.3 is 5.97 Å². The molecule has 0 aromatic heterocycles. The van der Waals surface area contributed by atoms with Crippen LogP contribution in [0.4, 0.5) is 0 Å². The van der Waals surface area contributed by atoms with Gasteiger partial charge in [0, 0.05) is 11.0 Å². The van der Waals surface area contributed by atoms with Gasteiger partial charge in [-0.05, 0) is 18.9 Å². The summed E-state index contributed by atoms with van der Waals surface area (Å²) in [6.07, 6.45) is 2.10. The highest BCUT2D eigenvalue weighted by molar-refractivity contribution is 6.33. The van der Waals surface area contributed by atoms with Crippen molar-refractivity contribution in [2.24, 2.45) is 0 Å². The van der Waals surface area contributed by atoms with E-state index in [4.69, 9.17) is 26.2 Å². The molecule has 1 aliphatic rings. The first-order chi connectivity index (χ1) is 9.49. The van der Waals surface area contributed by atoms with Gasteiger partial charge < -0.3 is 14.6 Å². The number of hydrogen-bond acceptors (Lipinski definition) is 4. The number of rotatable bonds is 6. The zero-order valence-electron chi connectivity index (χ0n) is 11.2. The molecule has 0 amide bonds. The average Bonchev–Trinajstić information content (AvgIpc) is 3.17. The van der Waals surface area contributed by atoms with Crippen molar-refractivity contribution in [2.45, 2.75) is 24.7 Å². The van der Waals surface area contributed by atoms with Crippen LogP contribution < -0.4 is 9.47 Å². The molecule has 0 saturated heterocycles. The van der Waals surface area contributed by atoms with Gasteiger partial charge in [0.05, 0.1) is 31.2 Å². The van der Waals surface area contributed by atoms with Crippen molar-refractivity contribution in [2.75, 3.05) is 14.2 Å². The van der Waals surface area contributed by atoms with E-state index in [1.165, 1.54) is 14.2 Å². The Balaban J connectivity index is 2.62. The van der Waals surface area contributed by atoms with Crippen LogP contribution in [0.5, 0.6) is 11.5 Å². The Bertz CT molecular complexity index is 563. The van der Waals surface area contributed by atoms with Gasteiger partial charge in [-0.25, -0.2) is 0 Å². The Morgan fingerprint density at radius 1 is 1.40 bits per heavy atom. The maximum Gasteiger partial charge on any atom is 0.304 e. The van der Waals surface area contributed by atoms with E-state index in [1.54, 1.807) is 6.07 Å². The summed E-state index contributed by atoms with van der Waals surface area (Å²) in [7, 11) is 2.88. The minimum Gasteiger partial charge on any atom is -0.493 e. The van der Waals surface area contributed by atoms with Gasteiger partial charge in [-0.1, -0.05) is 11.6 Å². The van der Waals surface area contributed by atoms with E-state index < -0.39 is 11.4 Å². The van der Waals surface area contributed by atoms with Gasteiger partial charge in [0.2, 0.25) is 0 Å². The molecule has 0 bridgehead atoms. The Kier molecular flexibility index (Phi) is 3.90. The largest absolute Gasteiger partial charge is 0.493 e. The van der Waals surface area contributed by atoms with Crippen LogP contribution in [0, 0.1) is 0 Å². The summed E-state index contributed by atoms with van der Waals surface area (Å²) in [6.45, 7) is 0. The van der Waals surface area contributed by atoms with Crippen molar-refractivity contribution in [3.63, 3.8) is 0 Å². The molecule has 2 rings (SSSR count). The number of carboxylic acids is 1. The fraction of sp³-hybridized carbons (Fsp3) is 0.429. The second-order valence-corrected chi connectivity index (χ2v) is 5.26. The molecule has 6 heteroatoms. The number of methoxy groups -OCH3 is 2. The smallest absolute Gasteiger partial charge is 0.304 e. The third-order valence-electron chi connectivity index (χ3n) is 3.66. The van der Waals surface area contributed by atoms with E-state index in [-0.39, 0.29) is 22.8 Å². The van der Waals surface area contributed by atoms with Gasteiger partial charge in [-0.15, -0.1) is 0 Å². The summed E-state index contributed by atoms with van der Waals surface area (Å²) in [6, 6.07) is 1.61. The summed E-state index contributed by atoms with van der Waals surface area (Å²) in [5, 5.41) is 9.29. The first kappa shape index (κ1) is 14.7. The Hall–Kier alpha value is -1.75. The summed E-state index contributed by atoms with van der Waals surface area (Å²) in [5.74, 6) is -0.237. The number of benzene rings is 1. The number of ether oxygens (including phenoxy) is 2. The first-order valence-electron chi connectivity index (χ1n) is 6.11. The Morgan fingerprint density at radius 3 is 2.40 bits per heavy atom. The molecule has 5 nitrogen and oxygen atoms in total. The minimum absolute atomic E-state index is 0.00325. The molecule has 108 valence electrons. The lowest BCUT2D eigenvalue weighted by Gasteiger charge is -2.21. The van der Waals surface area contributed by atoms with E-state index in [0.717, 1.165) is 12.8 Å². The van der Waals surface area contributed by atoms with Gasteiger partial charge in [0.1, 0.15) is 0 Å². The van der Waals surface area contributed by atoms with Crippen LogP contribution >= 0.6 is 11.6 Å². The molecule has 1 aliphatic carbocycles. The molecule has 1 N–H and O–H groups in total. The fourth-order valence-corrected chi connectivity index (χ4v) is 2.75. The molecule has 1 aromatic carbocycles. The van der Waals surface area contributed by atoms with Gasteiger partial charge in [0.25, 0.3) is 0 Å². The molecule has 0 atom stereocenters. The number of halogens is 1. The predicted molar refractivity (Wildman–Crippen MR) is 73.1 cm³/mol. The quantitative estimate of drug-likeness (QED) is 0.817. The van der Waals surface area contributed by atoms with E-state index in [9.17, 15) is 9.59 Å². The molecule has 20 heavy (non-hydrogen) atoms. The molecular weight excluding hydrogens is 284 g/mol. The van der Waals surface area contributed by atoms with Gasteiger partial charge in [0.15, 0.2) is 17.8 Å². The van der Waals surface area contributed by atoms with Crippen LogP contribution in [-0.4, -0.2) is 31.6 Å². The van der Waals surface area contributed by atoms with Crippen molar-refractivity contribution < 1.29 is 24.2 Å². The highest BCUT2D eigenvalue weighted by Gasteiger charge is 2.48. The SMILES string of the molecule is COc1c(C2(CC(=O)O)CC2)cc(Cl)c(C=O)c1OC. The fourth-order valence-electron chi connectivity index (χ4n) is 2.51. The Labute approximate surface area is 121 Å². The lowest BCUT2D eigenvalue weighted by Crippen LogP contribution is -2.15. The lowest BCUT2D eigenvalue weighted by molar-refractivity contribution is -0.137. The van der Waals surface area contributed by atoms with Crippen molar-refractivity contribution in [1.82, 2.24) is 0 Å². The lowest BCUT2D eigenvalue weighted by atomic mass is 9.90. The summed E-state index contributed by atoms with van der Waals surface area (Å²) >= 11 is 6.10. The molecule has 1 fully saturated rings. The van der Waals surface area contributed by atoms with E-state index in [1.807, 2.05) is 0 Å². The molecule has 0 heterocycles. The number of aliphatic carboxylic acids is 1. The maximum absolute atomic E-state index is 11.1. The highest BCUT2D eigenvalue weighted by atomic mass is 35.5. The van der Waals surface area contributed by atoms with Crippen LogP contribution in [0.1, 0.15) is 35.2 Å². The standard InChI is InChI=1S/C14H15ClO5/c1-19-12-8(7-16)10(15)5-9(13(12)20-2)14(3-4-14)6-11(17)18/h5,7H,3-4,6H2,1-2H3,(H,17,18). The van der Waals surface area contributed by atoms with E-state index in [2.05, 4.69) is 0 Å². The van der Waals surface area contributed by atoms with Crippen LogP contribution in [0.2, 0.25) is 5.02 Å². The van der Waals surface area contributed by atoms with Gasteiger partial charge in [-0.2, -0.15) is 0 Å². The molecule has 1 saturated carbocycles. The second kappa shape index (κ2) is 5.32. The highest BCUT2D eigenvalue weighted by Crippen LogP contribution is 2.56. The van der Waals surface area contributed by atoms with Crippen molar-refractivity contribution in [1.29, 1.82) is 0 Å². The number of carbonyl (C=O) groups excluding carboxylic acids is 1. The summed E-state index contributed by atoms with van der Waals surface area (Å²) in [4.78, 5) is 22.1. The van der Waals surface area contributed by atoms with Gasteiger partial charge in [-0.3, -0.25) is 9.59 Å². The third-order valence-corrected chi connectivity index (χ3v) is 3.98. The van der Waals surface area contributed by atoms with Crippen molar-refractivity contribution in [3.05, 3.63) is 22.2 Å². The van der Waals surface area contributed by atoms with Crippen LogP contribution in [-0.2, 0) is 10.2 Å². The van der Waals surface area contributed by atoms with Crippen molar-refractivity contribution in [3.8, 4) is 11.5 Å². The average molecular weight is 299 g/mol. The predicted octanol–water partition coefficient (Wildman–Crippen LogP) is 2.68. The van der Waals surface area contributed by atoms with Crippen molar-refractivity contribution >= 4 is 23.9 Å². The summed E-state index contributed by atoms with van der Waals surface area (Å²) in [5.41, 5.74) is 0.422. The normalized spacial score (nSPS) is 15.6. The number of carbonyl (C=O) groups is 2. The van der Waals surface area contributed by atoms with Crippen LogP contribution in [0.3, 0.4) is 0 Å². The monoisotopic (exact) mass is 298 g/mol. The second-order valence-electron chi connectivity index (χ2n) is 4.85. The topological polar surface area (TPSA) is 72.8 Å².